The van der Waals surface area contributed by atoms with Gasteiger partial charge in [-0.15, -0.1) is 0 Å². The maximum atomic E-state index is 14.5. The van der Waals surface area contributed by atoms with E-state index in [1.807, 2.05) is 12.1 Å². The second-order valence-electron chi connectivity index (χ2n) is 5.85. The Morgan fingerprint density at radius 1 is 1.24 bits per heavy atom. The smallest absolute Gasteiger partial charge is 0.128 e. The van der Waals surface area contributed by atoms with Gasteiger partial charge in [-0.1, -0.05) is 0 Å². The van der Waals surface area contributed by atoms with Crippen LogP contribution in [0.4, 0.5) is 4.39 Å². The summed E-state index contributed by atoms with van der Waals surface area (Å²) in [6.45, 7) is 5.58. The third-order valence-electron chi connectivity index (χ3n) is 4.53. The van der Waals surface area contributed by atoms with E-state index in [1.165, 1.54) is 0 Å². The van der Waals surface area contributed by atoms with E-state index in [9.17, 15) is 4.39 Å². The Hall–Kier alpha value is -0.240. The number of halogens is 2. The van der Waals surface area contributed by atoms with Crippen molar-refractivity contribution in [2.24, 2.45) is 5.92 Å². The molecule has 1 aromatic rings. The van der Waals surface area contributed by atoms with Crippen molar-refractivity contribution in [3.8, 4) is 0 Å². The average molecular weight is 404 g/mol. The molecule has 3 rings (SSSR count). The number of rotatable bonds is 3. The van der Waals surface area contributed by atoms with Crippen LogP contribution < -0.4 is 5.32 Å². The number of nitrogens with one attached hydrogen (secondary N) is 1. The minimum Gasteiger partial charge on any atom is -0.381 e. The van der Waals surface area contributed by atoms with Crippen LogP contribution in [0.1, 0.15) is 24.4 Å². The molecule has 0 saturated carbocycles. The first kappa shape index (κ1) is 15.6. The molecule has 3 nitrogen and oxygen atoms in total. The number of hydrogen-bond acceptors (Lipinski definition) is 3. The zero-order valence-corrected chi connectivity index (χ0v) is 14.3. The van der Waals surface area contributed by atoms with Crippen LogP contribution in [0.5, 0.6) is 0 Å². The maximum Gasteiger partial charge on any atom is 0.128 e. The molecular weight excluding hydrogens is 382 g/mol. The summed E-state index contributed by atoms with van der Waals surface area (Å²) in [4.78, 5) is 2.46. The summed E-state index contributed by atoms with van der Waals surface area (Å²) in [5, 5.41) is 3.39. The van der Waals surface area contributed by atoms with E-state index in [0.717, 1.165) is 61.4 Å². The Morgan fingerprint density at radius 2 is 1.95 bits per heavy atom. The molecule has 0 amide bonds. The molecule has 1 N–H and O–H groups in total. The molecule has 0 aromatic heterocycles. The summed E-state index contributed by atoms with van der Waals surface area (Å²) < 4.78 is 21.1. The minimum absolute atomic E-state index is 0.0644. The topological polar surface area (TPSA) is 24.5 Å². The first-order chi connectivity index (χ1) is 10.3. The standard InChI is InChI=1S/C16H22FIN2O/c17-15-2-1-13(18)11-14(15)16(12-3-9-21-10-4-12)20-7-5-19-6-8-20/h1-2,11-12,16,19H,3-10H2/t16-/m1/s1. The number of piperazine rings is 1. The van der Waals surface area contributed by atoms with Gasteiger partial charge in [0.25, 0.3) is 0 Å². The van der Waals surface area contributed by atoms with Crippen molar-refractivity contribution in [3.63, 3.8) is 0 Å². The SMILES string of the molecule is Fc1ccc(I)cc1[C@@H](C1CCOCC1)N1CCNCC1. The van der Waals surface area contributed by atoms with Gasteiger partial charge in [0.2, 0.25) is 0 Å². The number of nitrogens with zero attached hydrogens (tertiary/aromatic N) is 1. The normalized spacial score (nSPS) is 23.1. The van der Waals surface area contributed by atoms with Crippen molar-refractivity contribution in [3.05, 3.63) is 33.1 Å². The summed E-state index contributed by atoms with van der Waals surface area (Å²) in [7, 11) is 0. The van der Waals surface area contributed by atoms with Crippen LogP contribution in [0, 0.1) is 15.3 Å². The Kier molecular flexibility index (Phi) is 5.48. The molecule has 0 aliphatic carbocycles. The largest absolute Gasteiger partial charge is 0.381 e. The fourth-order valence-electron chi connectivity index (χ4n) is 3.48. The molecule has 1 atom stereocenters. The second kappa shape index (κ2) is 7.35. The molecule has 0 spiro atoms. The van der Waals surface area contributed by atoms with Crippen LogP contribution in [-0.2, 0) is 4.74 Å². The predicted molar refractivity (Wildman–Crippen MR) is 89.8 cm³/mol. The highest BCUT2D eigenvalue weighted by Gasteiger charge is 2.32. The number of hydrogen-bond donors (Lipinski definition) is 1. The molecule has 2 heterocycles. The summed E-state index contributed by atoms with van der Waals surface area (Å²) in [6, 6.07) is 5.67. The summed E-state index contributed by atoms with van der Waals surface area (Å²) in [6.07, 6.45) is 2.05. The Balaban J connectivity index is 1.91. The van der Waals surface area contributed by atoms with Gasteiger partial charge >= 0.3 is 0 Å². The first-order valence-electron chi connectivity index (χ1n) is 7.73. The fraction of sp³-hybridized carbons (Fsp3) is 0.625. The fourth-order valence-corrected chi connectivity index (χ4v) is 4.00. The van der Waals surface area contributed by atoms with Crippen molar-refractivity contribution in [1.29, 1.82) is 0 Å². The molecule has 2 aliphatic heterocycles. The van der Waals surface area contributed by atoms with Gasteiger partial charge in [-0.25, -0.2) is 4.39 Å². The van der Waals surface area contributed by atoms with E-state index >= 15 is 0 Å². The molecule has 2 saturated heterocycles. The number of ether oxygens (including phenoxy) is 1. The van der Waals surface area contributed by atoms with Crippen molar-refractivity contribution in [1.82, 2.24) is 10.2 Å². The molecule has 116 valence electrons. The quantitative estimate of drug-likeness (QED) is 0.785. The molecule has 21 heavy (non-hydrogen) atoms. The van der Waals surface area contributed by atoms with Crippen LogP contribution in [0.25, 0.3) is 0 Å². The molecule has 5 heteroatoms. The Morgan fingerprint density at radius 3 is 2.67 bits per heavy atom. The van der Waals surface area contributed by atoms with Gasteiger partial charge in [-0.2, -0.15) is 0 Å². The predicted octanol–water partition coefficient (Wildman–Crippen LogP) is 2.80. The average Bonchev–Trinajstić information content (AvgIpc) is 2.53. The molecule has 2 aliphatic rings. The van der Waals surface area contributed by atoms with Gasteiger partial charge in [0.05, 0.1) is 0 Å². The lowest BCUT2D eigenvalue weighted by Crippen LogP contribution is -2.47. The summed E-state index contributed by atoms with van der Waals surface area (Å²) >= 11 is 2.27. The van der Waals surface area contributed by atoms with Crippen molar-refractivity contribution >= 4 is 22.6 Å². The summed E-state index contributed by atoms with van der Waals surface area (Å²) in [5.41, 5.74) is 0.871. The highest BCUT2D eigenvalue weighted by Crippen LogP contribution is 2.37. The van der Waals surface area contributed by atoms with E-state index in [0.29, 0.717) is 5.92 Å². The Labute approximate surface area is 139 Å². The van der Waals surface area contributed by atoms with Crippen LogP contribution in [0.2, 0.25) is 0 Å². The van der Waals surface area contributed by atoms with Gasteiger partial charge in [0, 0.05) is 54.6 Å². The van der Waals surface area contributed by atoms with Gasteiger partial charge in [-0.05, 0) is 59.5 Å². The van der Waals surface area contributed by atoms with E-state index in [-0.39, 0.29) is 11.9 Å². The highest BCUT2D eigenvalue weighted by atomic mass is 127. The molecular formula is C16H22FIN2O. The van der Waals surface area contributed by atoms with Gasteiger partial charge in [0.1, 0.15) is 5.82 Å². The number of benzene rings is 1. The van der Waals surface area contributed by atoms with E-state index in [4.69, 9.17) is 4.74 Å². The van der Waals surface area contributed by atoms with Crippen molar-refractivity contribution < 1.29 is 9.13 Å². The highest BCUT2D eigenvalue weighted by molar-refractivity contribution is 14.1. The minimum atomic E-state index is -0.0644. The molecule has 0 bridgehead atoms. The molecule has 0 unspecified atom stereocenters. The van der Waals surface area contributed by atoms with Gasteiger partial charge < -0.3 is 10.1 Å². The molecule has 2 fully saturated rings. The molecule has 0 radical (unpaired) electrons. The third kappa shape index (κ3) is 3.75. The zero-order valence-electron chi connectivity index (χ0n) is 12.2. The van der Waals surface area contributed by atoms with E-state index in [2.05, 4.69) is 32.8 Å². The van der Waals surface area contributed by atoms with Gasteiger partial charge in [-0.3, -0.25) is 4.90 Å². The lowest BCUT2D eigenvalue weighted by atomic mass is 9.85. The van der Waals surface area contributed by atoms with Crippen LogP contribution in [0.3, 0.4) is 0 Å². The van der Waals surface area contributed by atoms with E-state index < -0.39 is 0 Å². The van der Waals surface area contributed by atoms with E-state index in [1.54, 1.807) is 6.07 Å². The zero-order chi connectivity index (χ0) is 14.7. The van der Waals surface area contributed by atoms with Crippen LogP contribution in [0.15, 0.2) is 18.2 Å². The Bertz CT molecular complexity index is 455. The monoisotopic (exact) mass is 404 g/mol. The summed E-state index contributed by atoms with van der Waals surface area (Å²) in [5.74, 6) is 0.426. The van der Waals surface area contributed by atoms with Crippen molar-refractivity contribution in [2.75, 3.05) is 39.4 Å². The van der Waals surface area contributed by atoms with Crippen LogP contribution >= 0.6 is 22.6 Å². The second-order valence-corrected chi connectivity index (χ2v) is 7.09. The third-order valence-corrected chi connectivity index (χ3v) is 5.21. The van der Waals surface area contributed by atoms with Gasteiger partial charge in [0.15, 0.2) is 0 Å². The maximum absolute atomic E-state index is 14.5. The van der Waals surface area contributed by atoms with Crippen molar-refractivity contribution in [2.45, 2.75) is 18.9 Å². The van der Waals surface area contributed by atoms with Crippen LogP contribution in [-0.4, -0.2) is 44.3 Å². The lowest BCUT2D eigenvalue weighted by Gasteiger charge is -2.41. The molecule has 1 aromatic carbocycles. The first-order valence-corrected chi connectivity index (χ1v) is 8.81. The lowest BCUT2D eigenvalue weighted by molar-refractivity contribution is 0.0202.